The molecule has 0 fully saturated rings. The van der Waals surface area contributed by atoms with Crippen LogP contribution in [0.1, 0.15) is 6.92 Å². The Morgan fingerprint density at radius 1 is 1.40 bits per heavy atom. The Hall–Kier alpha value is -1.71. The topological polar surface area (TPSA) is 114 Å². The van der Waals surface area contributed by atoms with Gasteiger partial charge in [-0.1, -0.05) is 11.6 Å². The van der Waals surface area contributed by atoms with E-state index in [0.29, 0.717) is 0 Å². The SMILES string of the molecule is CC(C(=O)O)N(C)S(=O)(=O)c1ccc(Cl)c2nonc12. The van der Waals surface area contributed by atoms with Crippen molar-refractivity contribution in [1.29, 1.82) is 0 Å². The van der Waals surface area contributed by atoms with Crippen molar-refractivity contribution in [2.24, 2.45) is 0 Å². The van der Waals surface area contributed by atoms with Crippen LogP contribution in [0, 0.1) is 0 Å². The molecule has 1 atom stereocenters. The molecule has 108 valence electrons. The first-order valence-electron chi connectivity index (χ1n) is 5.38. The molecule has 2 aromatic rings. The van der Waals surface area contributed by atoms with Gasteiger partial charge in [0.15, 0.2) is 11.0 Å². The number of hydrogen-bond acceptors (Lipinski definition) is 6. The number of likely N-dealkylation sites (N-methyl/N-ethyl adjacent to an activating group) is 1. The van der Waals surface area contributed by atoms with Gasteiger partial charge in [0.25, 0.3) is 0 Å². The molecule has 0 saturated carbocycles. The van der Waals surface area contributed by atoms with Gasteiger partial charge in [0.1, 0.15) is 10.9 Å². The number of hydrogen-bond donors (Lipinski definition) is 1. The molecule has 1 unspecified atom stereocenters. The summed E-state index contributed by atoms with van der Waals surface area (Å²) >= 11 is 5.85. The van der Waals surface area contributed by atoms with Gasteiger partial charge in [-0.3, -0.25) is 4.79 Å². The Kier molecular flexibility index (Phi) is 3.67. The summed E-state index contributed by atoms with van der Waals surface area (Å²) in [6.45, 7) is 1.26. The van der Waals surface area contributed by atoms with Gasteiger partial charge in [0.2, 0.25) is 10.0 Å². The maximum atomic E-state index is 12.4. The highest BCUT2D eigenvalue weighted by molar-refractivity contribution is 7.89. The number of aromatic nitrogens is 2. The fourth-order valence-electron chi connectivity index (χ4n) is 1.54. The molecule has 0 aliphatic carbocycles. The fraction of sp³-hybridized carbons (Fsp3) is 0.300. The Morgan fingerprint density at radius 3 is 2.60 bits per heavy atom. The average Bonchev–Trinajstić information content (AvgIpc) is 2.86. The number of benzene rings is 1. The van der Waals surface area contributed by atoms with Crippen LogP contribution in [-0.4, -0.2) is 47.2 Å². The van der Waals surface area contributed by atoms with E-state index in [1.54, 1.807) is 0 Å². The minimum absolute atomic E-state index is 0.0399. The first-order chi connectivity index (χ1) is 9.26. The monoisotopic (exact) mass is 319 g/mol. The lowest BCUT2D eigenvalue weighted by Crippen LogP contribution is -2.40. The molecule has 0 radical (unpaired) electrons. The molecule has 0 amide bonds. The summed E-state index contributed by atoms with van der Waals surface area (Å²) in [5.41, 5.74) is 0.0612. The summed E-state index contributed by atoms with van der Waals surface area (Å²) in [5.74, 6) is -1.26. The van der Waals surface area contributed by atoms with Crippen LogP contribution in [0.5, 0.6) is 0 Å². The number of fused-ring (bicyclic) bond motifs is 1. The Morgan fingerprint density at radius 2 is 2.00 bits per heavy atom. The van der Waals surface area contributed by atoms with Crippen molar-refractivity contribution in [2.75, 3.05) is 7.05 Å². The van der Waals surface area contributed by atoms with Gasteiger partial charge >= 0.3 is 5.97 Å². The summed E-state index contributed by atoms with van der Waals surface area (Å²) < 4.78 is 30.0. The van der Waals surface area contributed by atoms with Crippen LogP contribution >= 0.6 is 11.6 Å². The van der Waals surface area contributed by atoms with E-state index in [0.717, 1.165) is 4.31 Å². The second kappa shape index (κ2) is 5.00. The molecular formula is C10H10ClN3O5S. The molecule has 20 heavy (non-hydrogen) atoms. The minimum Gasteiger partial charge on any atom is -0.480 e. The second-order valence-corrected chi connectivity index (χ2v) is 6.42. The van der Waals surface area contributed by atoms with Crippen molar-refractivity contribution < 1.29 is 22.9 Å². The lowest BCUT2D eigenvalue weighted by molar-refractivity contribution is -0.140. The third kappa shape index (κ3) is 2.23. The number of sulfonamides is 1. The Labute approximate surface area is 118 Å². The molecule has 0 aliphatic rings. The zero-order valence-electron chi connectivity index (χ0n) is 10.4. The molecule has 1 heterocycles. The normalized spacial score (nSPS) is 13.8. The predicted octanol–water partition coefficient (Wildman–Crippen LogP) is 0.970. The molecule has 10 heteroatoms. The van der Waals surface area contributed by atoms with Crippen molar-refractivity contribution >= 4 is 38.6 Å². The first-order valence-corrected chi connectivity index (χ1v) is 7.20. The summed E-state index contributed by atoms with van der Waals surface area (Å²) in [6.07, 6.45) is 0. The fourth-order valence-corrected chi connectivity index (χ4v) is 3.16. The highest BCUT2D eigenvalue weighted by Gasteiger charge is 2.32. The summed E-state index contributed by atoms with van der Waals surface area (Å²) in [6, 6.07) is 1.33. The molecule has 0 spiro atoms. The number of aliphatic carboxylic acids is 1. The van der Waals surface area contributed by atoms with E-state index in [1.807, 2.05) is 0 Å². The molecule has 1 aromatic heterocycles. The number of carbonyl (C=O) groups is 1. The third-order valence-corrected chi connectivity index (χ3v) is 5.15. The molecule has 0 saturated heterocycles. The van der Waals surface area contributed by atoms with Crippen LogP contribution in [-0.2, 0) is 14.8 Å². The van der Waals surface area contributed by atoms with Crippen LogP contribution in [0.2, 0.25) is 5.02 Å². The van der Waals surface area contributed by atoms with E-state index in [1.165, 1.54) is 26.1 Å². The number of rotatable bonds is 4. The number of halogens is 1. The van der Waals surface area contributed by atoms with E-state index in [-0.39, 0.29) is 21.0 Å². The van der Waals surface area contributed by atoms with Crippen LogP contribution in [0.15, 0.2) is 21.7 Å². The molecule has 1 aromatic carbocycles. The first kappa shape index (κ1) is 14.7. The van der Waals surface area contributed by atoms with Gasteiger partial charge in [-0.2, -0.15) is 4.31 Å². The van der Waals surface area contributed by atoms with Gasteiger partial charge in [0, 0.05) is 7.05 Å². The number of carboxylic acids is 1. The molecule has 0 bridgehead atoms. The lowest BCUT2D eigenvalue weighted by Gasteiger charge is -2.20. The smallest absolute Gasteiger partial charge is 0.321 e. The highest BCUT2D eigenvalue weighted by atomic mass is 35.5. The largest absolute Gasteiger partial charge is 0.480 e. The molecule has 8 nitrogen and oxygen atoms in total. The average molecular weight is 320 g/mol. The maximum absolute atomic E-state index is 12.4. The van der Waals surface area contributed by atoms with Gasteiger partial charge in [-0.25, -0.2) is 13.0 Å². The summed E-state index contributed by atoms with van der Waals surface area (Å²) in [5, 5.41) is 16.1. The van der Waals surface area contributed by atoms with Gasteiger partial charge in [0.05, 0.1) is 5.02 Å². The van der Waals surface area contributed by atoms with Gasteiger partial charge < -0.3 is 5.11 Å². The van der Waals surface area contributed by atoms with E-state index < -0.39 is 22.0 Å². The molecular weight excluding hydrogens is 310 g/mol. The third-order valence-electron chi connectivity index (χ3n) is 2.89. The van der Waals surface area contributed by atoms with Crippen LogP contribution < -0.4 is 0 Å². The van der Waals surface area contributed by atoms with Crippen molar-refractivity contribution in [2.45, 2.75) is 17.9 Å². The Balaban J connectivity index is 2.61. The highest BCUT2D eigenvalue weighted by Crippen LogP contribution is 2.28. The molecule has 1 N–H and O–H groups in total. The van der Waals surface area contributed by atoms with Crippen LogP contribution in [0.4, 0.5) is 0 Å². The second-order valence-electron chi connectivity index (χ2n) is 4.04. The van der Waals surface area contributed by atoms with Crippen molar-refractivity contribution in [3.63, 3.8) is 0 Å². The molecule has 0 aliphatic heterocycles. The number of carboxylic acid groups (broad SMARTS) is 1. The Bertz CT molecular complexity index is 772. The quantitative estimate of drug-likeness (QED) is 0.893. The van der Waals surface area contributed by atoms with E-state index in [2.05, 4.69) is 14.9 Å². The zero-order chi connectivity index (χ0) is 15.1. The van der Waals surface area contributed by atoms with E-state index >= 15 is 0 Å². The predicted molar refractivity (Wildman–Crippen MR) is 68.9 cm³/mol. The van der Waals surface area contributed by atoms with Crippen molar-refractivity contribution in [1.82, 2.24) is 14.6 Å². The van der Waals surface area contributed by atoms with Crippen molar-refractivity contribution in [3.05, 3.63) is 17.2 Å². The van der Waals surface area contributed by atoms with E-state index in [9.17, 15) is 13.2 Å². The van der Waals surface area contributed by atoms with Crippen LogP contribution in [0.3, 0.4) is 0 Å². The van der Waals surface area contributed by atoms with Gasteiger partial charge in [-0.05, 0) is 29.4 Å². The molecule has 2 rings (SSSR count). The number of nitrogens with zero attached hydrogens (tertiary/aromatic N) is 3. The summed E-state index contributed by atoms with van der Waals surface area (Å²) in [4.78, 5) is 10.7. The lowest BCUT2D eigenvalue weighted by atomic mass is 10.3. The zero-order valence-corrected chi connectivity index (χ0v) is 12.0. The minimum atomic E-state index is -4.07. The maximum Gasteiger partial charge on any atom is 0.321 e. The van der Waals surface area contributed by atoms with Gasteiger partial charge in [-0.15, -0.1) is 0 Å². The van der Waals surface area contributed by atoms with Crippen LogP contribution in [0.25, 0.3) is 11.0 Å². The van der Waals surface area contributed by atoms with E-state index in [4.69, 9.17) is 16.7 Å². The summed E-state index contributed by atoms with van der Waals surface area (Å²) in [7, 11) is -2.90. The standard InChI is InChI=1S/C10H10ClN3O5S/c1-5(10(15)16)14(2)20(17,18)7-4-3-6(11)8-9(7)13-19-12-8/h3-5H,1-2H3,(H,15,16). The van der Waals surface area contributed by atoms with Crippen molar-refractivity contribution in [3.8, 4) is 0 Å².